The van der Waals surface area contributed by atoms with Gasteiger partial charge in [-0.25, -0.2) is 0 Å². The van der Waals surface area contributed by atoms with Crippen molar-refractivity contribution >= 4 is 17.7 Å². The van der Waals surface area contributed by atoms with Crippen LogP contribution in [0.2, 0.25) is 0 Å². The SMILES string of the molecule is CC(=O)N[C@@H]1C=C2CC(=O)CC[C@]2(C)[C@@]23O[C@@H]2C[C@@]2(C)C(CC[C@@]24CCC(=O)O4)C13. The first kappa shape index (κ1) is 19.0. The molecule has 0 bridgehead atoms. The molecular formula is C24H31NO5. The van der Waals surface area contributed by atoms with Crippen LogP contribution in [-0.2, 0) is 23.9 Å². The number of esters is 1. The molecule has 4 aliphatic carbocycles. The number of ketones is 1. The quantitative estimate of drug-likeness (QED) is 0.406. The van der Waals surface area contributed by atoms with E-state index in [0.717, 1.165) is 37.7 Å². The summed E-state index contributed by atoms with van der Waals surface area (Å²) in [6.07, 6.45) is 8.25. The number of rotatable bonds is 1. The van der Waals surface area contributed by atoms with Crippen LogP contribution in [0.25, 0.3) is 0 Å². The van der Waals surface area contributed by atoms with Crippen molar-refractivity contribution in [3.05, 3.63) is 11.6 Å². The van der Waals surface area contributed by atoms with Gasteiger partial charge < -0.3 is 14.8 Å². The maximum atomic E-state index is 12.3. The number of nitrogens with one attached hydrogen (secondary N) is 1. The molecule has 6 heteroatoms. The predicted octanol–water partition coefficient (Wildman–Crippen LogP) is 2.84. The molecule has 1 amide bonds. The van der Waals surface area contributed by atoms with Crippen LogP contribution in [0.15, 0.2) is 11.6 Å². The largest absolute Gasteiger partial charge is 0.458 e. The van der Waals surface area contributed by atoms with E-state index in [4.69, 9.17) is 9.47 Å². The van der Waals surface area contributed by atoms with Crippen molar-refractivity contribution in [2.75, 3.05) is 0 Å². The van der Waals surface area contributed by atoms with Crippen molar-refractivity contribution < 1.29 is 23.9 Å². The van der Waals surface area contributed by atoms with E-state index in [-0.39, 0.29) is 57.8 Å². The van der Waals surface area contributed by atoms with E-state index in [2.05, 4.69) is 25.2 Å². The molecule has 162 valence electrons. The zero-order valence-electron chi connectivity index (χ0n) is 18.1. The van der Waals surface area contributed by atoms with Crippen LogP contribution in [0, 0.1) is 22.7 Å². The summed E-state index contributed by atoms with van der Waals surface area (Å²) in [7, 11) is 0. The van der Waals surface area contributed by atoms with Gasteiger partial charge in [0.25, 0.3) is 0 Å². The molecular weight excluding hydrogens is 382 g/mol. The van der Waals surface area contributed by atoms with E-state index < -0.39 is 0 Å². The number of hydrogen-bond acceptors (Lipinski definition) is 5. The molecule has 6 rings (SSSR count). The van der Waals surface area contributed by atoms with Gasteiger partial charge in [-0.15, -0.1) is 0 Å². The Morgan fingerprint density at radius 2 is 1.97 bits per heavy atom. The summed E-state index contributed by atoms with van der Waals surface area (Å²) in [6, 6.07) is -0.140. The highest BCUT2D eigenvalue weighted by molar-refractivity contribution is 5.83. The average Bonchev–Trinajstić information content (AvgIpc) is 3.15. The molecule has 8 atom stereocenters. The number of carbonyl (C=O) groups is 3. The van der Waals surface area contributed by atoms with Gasteiger partial charge in [0.1, 0.15) is 17.0 Å². The van der Waals surface area contributed by atoms with Crippen LogP contribution in [-0.4, -0.2) is 41.0 Å². The van der Waals surface area contributed by atoms with E-state index >= 15 is 0 Å². The third-order valence-electron chi connectivity index (χ3n) is 10.1. The van der Waals surface area contributed by atoms with Crippen LogP contribution in [0.4, 0.5) is 0 Å². The van der Waals surface area contributed by atoms with Crippen LogP contribution in [0.3, 0.4) is 0 Å². The van der Waals surface area contributed by atoms with E-state index in [9.17, 15) is 14.4 Å². The molecule has 2 spiro atoms. The van der Waals surface area contributed by atoms with E-state index in [1.54, 1.807) is 6.92 Å². The first-order chi connectivity index (χ1) is 14.2. The van der Waals surface area contributed by atoms with Gasteiger partial charge in [0.15, 0.2) is 0 Å². The smallest absolute Gasteiger partial charge is 0.306 e. The monoisotopic (exact) mass is 413 g/mol. The summed E-state index contributed by atoms with van der Waals surface area (Å²) in [5, 5.41) is 3.20. The second-order valence-corrected chi connectivity index (χ2v) is 11.1. The third-order valence-corrected chi connectivity index (χ3v) is 10.1. The maximum absolute atomic E-state index is 12.3. The Balaban J connectivity index is 1.48. The number of amides is 1. The van der Waals surface area contributed by atoms with Gasteiger partial charge >= 0.3 is 5.97 Å². The van der Waals surface area contributed by atoms with Crippen molar-refractivity contribution in [1.82, 2.24) is 5.32 Å². The van der Waals surface area contributed by atoms with Crippen molar-refractivity contribution in [1.29, 1.82) is 0 Å². The Morgan fingerprint density at radius 1 is 1.17 bits per heavy atom. The highest BCUT2D eigenvalue weighted by Gasteiger charge is 2.82. The third kappa shape index (κ3) is 2.02. The van der Waals surface area contributed by atoms with Crippen molar-refractivity contribution in [3.63, 3.8) is 0 Å². The van der Waals surface area contributed by atoms with Gasteiger partial charge in [-0.1, -0.05) is 25.5 Å². The fourth-order valence-electron chi connectivity index (χ4n) is 8.61. The average molecular weight is 414 g/mol. The predicted molar refractivity (Wildman–Crippen MR) is 107 cm³/mol. The molecule has 6 aliphatic rings. The molecule has 2 heterocycles. The normalized spacial score (nSPS) is 53.2. The lowest BCUT2D eigenvalue weighted by molar-refractivity contribution is -0.164. The Morgan fingerprint density at radius 3 is 2.67 bits per heavy atom. The summed E-state index contributed by atoms with van der Waals surface area (Å²) >= 11 is 0. The van der Waals surface area contributed by atoms with Gasteiger partial charge in [0, 0.05) is 42.9 Å². The number of ether oxygens (including phenoxy) is 2. The van der Waals surface area contributed by atoms with Gasteiger partial charge in [-0.05, 0) is 38.0 Å². The zero-order chi connectivity index (χ0) is 21.1. The molecule has 5 fully saturated rings. The molecule has 0 radical (unpaired) electrons. The highest BCUT2D eigenvalue weighted by atomic mass is 16.6. The van der Waals surface area contributed by atoms with E-state index in [0.29, 0.717) is 25.2 Å². The lowest BCUT2D eigenvalue weighted by Gasteiger charge is -2.58. The molecule has 6 nitrogen and oxygen atoms in total. The van der Waals surface area contributed by atoms with Gasteiger partial charge in [-0.3, -0.25) is 14.4 Å². The summed E-state index contributed by atoms with van der Waals surface area (Å²) in [5.74, 6) is 0.609. The fraction of sp³-hybridized carbons (Fsp3) is 0.792. The summed E-state index contributed by atoms with van der Waals surface area (Å²) in [4.78, 5) is 36.6. The first-order valence-corrected chi connectivity index (χ1v) is 11.5. The lowest BCUT2D eigenvalue weighted by atomic mass is 9.45. The Bertz CT molecular complexity index is 911. The maximum Gasteiger partial charge on any atom is 0.306 e. The second-order valence-electron chi connectivity index (χ2n) is 11.1. The Labute approximate surface area is 177 Å². The number of carbonyl (C=O) groups excluding carboxylic acids is 3. The number of epoxide rings is 1. The van der Waals surface area contributed by atoms with Gasteiger partial charge in [-0.2, -0.15) is 0 Å². The minimum absolute atomic E-state index is 0.0535. The van der Waals surface area contributed by atoms with Gasteiger partial charge in [0.2, 0.25) is 5.91 Å². The number of Topliss-reactive ketones (excluding diaryl/α,β-unsaturated/α-hetero) is 1. The molecule has 3 saturated carbocycles. The van der Waals surface area contributed by atoms with Crippen LogP contribution < -0.4 is 5.32 Å². The standard InChI is InChI=1S/C24H31NO5/c1-13(26)25-17-11-14-10-15(27)4-7-21(14,2)24-18(29-24)12-22(3)16(20(17)24)5-8-23(22)9-6-19(28)30-23/h11,16-18,20H,4-10,12H2,1-3H3,(H,25,26)/t16?,17-,18-,20?,21+,22+,23-,24-/m1/s1. The number of hydrogen-bond donors (Lipinski definition) is 1. The van der Waals surface area contributed by atoms with Crippen molar-refractivity contribution in [2.24, 2.45) is 22.7 Å². The Hall–Kier alpha value is -1.69. The second kappa shape index (κ2) is 5.56. The van der Waals surface area contributed by atoms with Crippen LogP contribution in [0.1, 0.15) is 72.1 Å². The molecule has 0 aromatic carbocycles. The number of fused-ring (bicyclic) bond motifs is 4. The first-order valence-electron chi connectivity index (χ1n) is 11.5. The fourth-order valence-corrected chi connectivity index (χ4v) is 8.61. The molecule has 2 unspecified atom stereocenters. The topological polar surface area (TPSA) is 85.0 Å². The lowest BCUT2D eigenvalue weighted by Crippen LogP contribution is -2.65. The molecule has 2 saturated heterocycles. The molecule has 30 heavy (non-hydrogen) atoms. The van der Waals surface area contributed by atoms with Gasteiger partial charge in [0.05, 0.1) is 12.1 Å². The minimum Gasteiger partial charge on any atom is -0.458 e. The molecule has 1 N–H and O–H groups in total. The van der Waals surface area contributed by atoms with E-state index in [1.165, 1.54) is 0 Å². The summed E-state index contributed by atoms with van der Waals surface area (Å²) in [5.41, 5.74) is 0.149. The zero-order valence-corrected chi connectivity index (χ0v) is 18.1. The van der Waals surface area contributed by atoms with Crippen LogP contribution >= 0.6 is 0 Å². The van der Waals surface area contributed by atoms with E-state index in [1.807, 2.05) is 0 Å². The highest BCUT2D eigenvalue weighted by Crippen LogP contribution is 2.77. The van der Waals surface area contributed by atoms with Crippen molar-refractivity contribution in [2.45, 2.75) is 95.5 Å². The van der Waals surface area contributed by atoms with Crippen LogP contribution in [0.5, 0.6) is 0 Å². The summed E-state index contributed by atoms with van der Waals surface area (Å²) < 4.78 is 12.7. The minimum atomic E-state index is -0.388. The molecule has 0 aromatic heterocycles. The van der Waals surface area contributed by atoms with Crippen molar-refractivity contribution in [3.8, 4) is 0 Å². The molecule has 2 aliphatic heterocycles. The summed E-state index contributed by atoms with van der Waals surface area (Å²) in [6.45, 7) is 6.14. The molecule has 0 aromatic rings. The Kier molecular flexibility index (Phi) is 3.53.